The van der Waals surface area contributed by atoms with Crippen LogP contribution >= 0.6 is 0 Å². The van der Waals surface area contributed by atoms with Crippen LogP contribution in [0.5, 0.6) is 0 Å². The van der Waals surface area contributed by atoms with E-state index in [4.69, 9.17) is 4.74 Å². The van der Waals surface area contributed by atoms with E-state index < -0.39 is 10.0 Å². The van der Waals surface area contributed by atoms with Crippen LogP contribution < -0.4 is 5.32 Å². The molecule has 29 heavy (non-hydrogen) atoms. The van der Waals surface area contributed by atoms with E-state index in [0.717, 1.165) is 11.8 Å². The van der Waals surface area contributed by atoms with Crippen LogP contribution in [0.1, 0.15) is 56.8 Å². The molecule has 1 aliphatic heterocycles. The van der Waals surface area contributed by atoms with Crippen LogP contribution in [0.15, 0.2) is 29.2 Å². The Morgan fingerprint density at radius 3 is 2.52 bits per heavy atom. The van der Waals surface area contributed by atoms with Crippen molar-refractivity contribution in [3.63, 3.8) is 0 Å². The van der Waals surface area contributed by atoms with E-state index in [0.29, 0.717) is 24.6 Å². The Labute approximate surface area is 174 Å². The average Bonchev–Trinajstić information content (AvgIpc) is 3.31. The number of sulfonamides is 1. The van der Waals surface area contributed by atoms with Gasteiger partial charge in [0.05, 0.1) is 17.1 Å². The summed E-state index contributed by atoms with van der Waals surface area (Å²) < 4.78 is 33.3. The number of benzene rings is 1. The molecule has 3 fully saturated rings. The van der Waals surface area contributed by atoms with Crippen molar-refractivity contribution in [2.24, 2.45) is 17.8 Å². The van der Waals surface area contributed by atoms with Gasteiger partial charge in [-0.15, -0.1) is 0 Å². The Morgan fingerprint density at radius 1 is 1.17 bits per heavy atom. The van der Waals surface area contributed by atoms with Crippen LogP contribution in [0.3, 0.4) is 0 Å². The fraction of sp³-hybridized carbons (Fsp3) is 0.682. The molecule has 1 heterocycles. The molecule has 160 valence electrons. The van der Waals surface area contributed by atoms with Crippen molar-refractivity contribution in [1.29, 1.82) is 0 Å². The van der Waals surface area contributed by atoms with Crippen molar-refractivity contribution in [2.75, 3.05) is 13.1 Å². The molecule has 2 bridgehead atoms. The van der Waals surface area contributed by atoms with E-state index >= 15 is 0 Å². The number of rotatable bonds is 5. The van der Waals surface area contributed by atoms with Gasteiger partial charge in [-0.05, 0) is 76.0 Å². The lowest BCUT2D eigenvalue weighted by atomic mass is 9.84. The second-order valence-corrected chi connectivity index (χ2v) is 11.1. The molecule has 6 atom stereocenters. The summed E-state index contributed by atoms with van der Waals surface area (Å²) in [5.74, 6) is 1.91. The summed E-state index contributed by atoms with van der Waals surface area (Å²) >= 11 is 0. The average molecular weight is 421 g/mol. The Kier molecular flexibility index (Phi) is 5.75. The Morgan fingerprint density at radius 2 is 1.90 bits per heavy atom. The van der Waals surface area contributed by atoms with E-state index in [2.05, 4.69) is 12.2 Å². The van der Waals surface area contributed by atoms with Gasteiger partial charge in [0.2, 0.25) is 10.0 Å². The number of ether oxygens (including phenoxy) is 1. The largest absolute Gasteiger partial charge is 0.373 e. The summed E-state index contributed by atoms with van der Waals surface area (Å²) in [6.45, 7) is 6.48. The highest BCUT2D eigenvalue weighted by atomic mass is 32.2. The number of carbonyl (C=O) groups excluding carboxylic acids is 1. The highest BCUT2D eigenvalue weighted by molar-refractivity contribution is 7.89. The van der Waals surface area contributed by atoms with Gasteiger partial charge in [-0.2, -0.15) is 4.31 Å². The molecule has 7 heteroatoms. The Balaban J connectivity index is 1.47. The number of carbonyl (C=O) groups is 1. The first kappa shape index (κ1) is 20.8. The second-order valence-electron chi connectivity index (χ2n) is 9.21. The molecular weight excluding hydrogens is 388 g/mol. The van der Waals surface area contributed by atoms with Crippen LogP contribution in [0.2, 0.25) is 0 Å². The summed E-state index contributed by atoms with van der Waals surface area (Å²) in [4.78, 5) is 13.0. The van der Waals surface area contributed by atoms with Crippen molar-refractivity contribution in [3.05, 3.63) is 29.8 Å². The van der Waals surface area contributed by atoms with Crippen LogP contribution in [0.4, 0.5) is 0 Å². The molecule has 1 N–H and O–H groups in total. The normalized spacial score (nSPS) is 33.6. The van der Waals surface area contributed by atoms with Crippen LogP contribution in [-0.4, -0.2) is 50.0 Å². The lowest BCUT2D eigenvalue weighted by molar-refractivity contribution is -0.0440. The minimum absolute atomic E-state index is 0.110. The van der Waals surface area contributed by atoms with E-state index in [1.54, 1.807) is 18.2 Å². The van der Waals surface area contributed by atoms with Crippen LogP contribution in [0.25, 0.3) is 0 Å². The lowest BCUT2D eigenvalue weighted by Crippen LogP contribution is -2.48. The van der Waals surface area contributed by atoms with Gasteiger partial charge < -0.3 is 10.1 Å². The third-order valence-corrected chi connectivity index (χ3v) is 8.74. The van der Waals surface area contributed by atoms with Crippen LogP contribution in [0, 0.1) is 17.8 Å². The minimum Gasteiger partial charge on any atom is -0.373 e. The number of fused-ring (bicyclic) bond motifs is 2. The monoisotopic (exact) mass is 420 g/mol. The summed E-state index contributed by atoms with van der Waals surface area (Å²) in [5.41, 5.74) is 0.399. The number of nitrogens with one attached hydrogen (secondary N) is 1. The van der Waals surface area contributed by atoms with Gasteiger partial charge in [0, 0.05) is 24.7 Å². The van der Waals surface area contributed by atoms with Gasteiger partial charge in [0.25, 0.3) is 5.91 Å². The SMILES string of the molecule is C[C@H]1CN(S(=O)(=O)c2cccc(C(=O)N[C@H](C)[C@@H]3C[C@@H]4CC[C@@H]3C4)c2)C[C@H](C)O1. The number of morpholine rings is 1. The molecular formula is C22H32N2O4S. The number of hydrogen-bond acceptors (Lipinski definition) is 4. The Bertz CT molecular complexity index is 861. The zero-order chi connectivity index (χ0) is 20.8. The molecule has 0 spiro atoms. The van der Waals surface area contributed by atoms with Gasteiger partial charge in [-0.1, -0.05) is 12.5 Å². The second kappa shape index (κ2) is 8.00. The van der Waals surface area contributed by atoms with Gasteiger partial charge in [0.1, 0.15) is 0 Å². The minimum atomic E-state index is -3.66. The topological polar surface area (TPSA) is 75.7 Å². The zero-order valence-corrected chi connectivity index (χ0v) is 18.3. The molecule has 1 aromatic carbocycles. The number of nitrogens with zero attached hydrogens (tertiary/aromatic N) is 1. The fourth-order valence-electron chi connectivity index (χ4n) is 5.58. The van der Waals surface area contributed by atoms with Gasteiger partial charge in [-0.3, -0.25) is 4.79 Å². The van der Waals surface area contributed by atoms with Crippen molar-refractivity contribution in [3.8, 4) is 0 Å². The Hall–Kier alpha value is -1.44. The highest BCUT2D eigenvalue weighted by Gasteiger charge is 2.42. The van der Waals surface area contributed by atoms with Crippen molar-refractivity contribution < 1.29 is 17.9 Å². The maximum Gasteiger partial charge on any atom is 0.251 e. The quantitative estimate of drug-likeness (QED) is 0.794. The van der Waals surface area contributed by atoms with Gasteiger partial charge in [0.15, 0.2) is 0 Å². The maximum atomic E-state index is 13.1. The van der Waals surface area contributed by atoms with E-state index in [1.165, 1.54) is 36.1 Å². The molecule has 0 radical (unpaired) electrons. The highest BCUT2D eigenvalue weighted by Crippen LogP contribution is 2.49. The molecule has 1 amide bonds. The third-order valence-electron chi connectivity index (χ3n) is 6.91. The molecule has 2 aliphatic carbocycles. The van der Waals surface area contributed by atoms with Crippen molar-refractivity contribution in [1.82, 2.24) is 9.62 Å². The lowest BCUT2D eigenvalue weighted by Gasteiger charge is -2.34. The van der Waals surface area contributed by atoms with Gasteiger partial charge >= 0.3 is 0 Å². The molecule has 0 aromatic heterocycles. The van der Waals surface area contributed by atoms with Gasteiger partial charge in [-0.25, -0.2) is 8.42 Å². The third kappa shape index (κ3) is 4.23. The summed E-state index contributed by atoms with van der Waals surface area (Å²) in [7, 11) is -3.66. The molecule has 3 aliphatic rings. The summed E-state index contributed by atoms with van der Waals surface area (Å²) in [6, 6.07) is 6.52. The molecule has 6 nitrogen and oxygen atoms in total. The van der Waals surface area contributed by atoms with E-state index in [-0.39, 0.29) is 29.1 Å². The first-order valence-electron chi connectivity index (χ1n) is 10.8. The molecule has 2 saturated carbocycles. The molecule has 0 unspecified atom stereocenters. The van der Waals surface area contributed by atoms with Crippen LogP contribution in [-0.2, 0) is 14.8 Å². The van der Waals surface area contributed by atoms with E-state index in [1.807, 2.05) is 13.8 Å². The molecule has 1 aromatic rings. The predicted molar refractivity (Wildman–Crippen MR) is 111 cm³/mol. The van der Waals surface area contributed by atoms with Crippen molar-refractivity contribution >= 4 is 15.9 Å². The zero-order valence-electron chi connectivity index (χ0n) is 17.5. The first-order valence-corrected chi connectivity index (χ1v) is 12.2. The number of amides is 1. The summed E-state index contributed by atoms with van der Waals surface area (Å²) in [5, 5.41) is 3.13. The predicted octanol–water partition coefficient (Wildman–Crippen LogP) is 3.04. The van der Waals surface area contributed by atoms with Crippen molar-refractivity contribution in [2.45, 2.75) is 69.6 Å². The standard InChI is InChI=1S/C22H32N2O4S/c1-14-12-24(13-15(2)28-14)29(26,27)20-6-4-5-19(11-20)22(25)23-16(3)21-10-17-7-8-18(21)9-17/h4-6,11,14-18,21H,7-10,12-13H2,1-3H3,(H,23,25)/t14-,15-,16+,17+,18+,21-/m0/s1. The maximum absolute atomic E-state index is 13.1. The molecule has 1 saturated heterocycles. The van der Waals surface area contributed by atoms with E-state index in [9.17, 15) is 13.2 Å². The fourth-order valence-corrected chi connectivity index (χ4v) is 7.21. The number of hydrogen-bond donors (Lipinski definition) is 1. The summed E-state index contributed by atoms with van der Waals surface area (Å²) in [6.07, 6.45) is 4.81. The molecule has 4 rings (SSSR count). The smallest absolute Gasteiger partial charge is 0.251 e. The first-order chi connectivity index (χ1) is 13.7.